The Morgan fingerprint density at radius 3 is 2.79 bits per heavy atom. The van der Waals surface area contributed by atoms with Crippen LogP contribution >= 0.6 is 27.5 Å². The van der Waals surface area contributed by atoms with Gasteiger partial charge in [0.25, 0.3) is 5.89 Å². The molecule has 2 rings (SSSR count). The zero-order valence-corrected chi connectivity index (χ0v) is 9.63. The quantitative estimate of drug-likeness (QED) is 0.798. The molecular formula is C9H6BrClN2O. The van der Waals surface area contributed by atoms with E-state index in [4.69, 9.17) is 16.1 Å². The van der Waals surface area contributed by atoms with Crippen molar-refractivity contribution in [2.45, 2.75) is 6.92 Å². The van der Waals surface area contributed by atoms with Gasteiger partial charge in [0, 0.05) is 10.0 Å². The van der Waals surface area contributed by atoms with Crippen LogP contribution in [0.15, 0.2) is 27.2 Å². The maximum atomic E-state index is 5.86. The van der Waals surface area contributed by atoms with Crippen molar-refractivity contribution in [2.24, 2.45) is 0 Å². The van der Waals surface area contributed by atoms with Crippen molar-refractivity contribution in [1.82, 2.24) is 10.1 Å². The predicted molar refractivity (Wildman–Crippen MR) is 57.2 cm³/mol. The third-order valence-corrected chi connectivity index (χ3v) is 2.91. The first kappa shape index (κ1) is 9.68. The van der Waals surface area contributed by atoms with E-state index in [0.29, 0.717) is 16.7 Å². The van der Waals surface area contributed by atoms with Crippen LogP contribution in [0.4, 0.5) is 0 Å². The van der Waals surface area contributed by atoms with Crippen LogP contribution in [0, 0.1) is 6.92 Å². The van der Waals surface area contributed by atoms with E-state index >= 15 is 0 Å². The maximum absolute atomic E-state index is 5.86. The van der Waals surface area contributed by atoms with Crippen molar-refractivity contribution < 1.29 is 4.52 Å². The highest BCUT2D eigenvalue weighted by Gasteiger charge is 2.07. The van der Waals surface area contributed by atoms with Gasteiger partial charge in [0.2, 0.25) is 0 Å². The smallest absolute Gasteiger partial charge is 0.257 e. The fourth-order valence-corrected chi connectivity index (χ4v) is 1.54. The lowest BCUT2D eigenvalue weighted by Gasteiger charge is -1.97. The lowest BCUT2D eigenvalue weighted by Crippen LogP contribution is -1.78. The van der Waals surface area contributed by atoms with Crippen molar-refractivity contribution >= 4 is 27.5 Å². The van der Waals surface area contributed by atoms with Crippen molar-refractivity contribution in [3.8, 4) is 11.5 Å². The second-order valence-electron chi connectivity index (χ2n) is 2.78. The van der Waals surface area contributed by atoms with Gasteiger partial charge in [-0.3, -0.25) is 0 Å². The Balaban J connectivity index is 2.47. The third-order valence-electron chi connectivity index (χ3n) is 1.69. The van der Waals surface area contributed by atoms with Gasteiger partial charge < -0.3 is 4.52 Å². The molecule has 14 heavy (non-hydrogen) atoms. The first-order valence-electron chi connectivity index (χ1n) is 3.92. The minimum Gasteiger partial charge on any atom is -0.334 e. The molecule has 2 aromatic rings. The van der Waals surface area contributed by atoms with Crippen LogP contribution in [0.25, 0.3) is 11.5 Å². The Morgan fingerprint density at radius 1 is 1.43 bits per heavy atom. The van der Waals surface area contributed by atoms with Gasteiger partial charge in [-0.2, -0.15) is 4.98 Å². The van der Waals surface area contributed by atoms with Crippen LogP contribution < -0.4 is 0 Å². The predicted octanol–water partition coefficient (Wildman–Crippen LogP) is 3.46. The van der Waals surface area contributed by atoms with Gasteiger partial charge >= 0.3 is 0 Å². The summed E-state index contributed by atoms with van der Waals surface area (Å²) >= 11 is 9.19. The van der Waals surface area contributed by atoms with Crippen molar-refractivity contribution in [2.75, 3.05) is 0 Å². The van der Waals surface area contributed by atoms with Gasteiger partial charge in [0.15, 0.2) is 5.82 Å². The van der Waals surface area contributed by atoms with E-state index in [-0.39, 0.29) is 0 Å². The van der Waals surface area contributed by atoms with E-state index in [9.17, 15) is 0 Å². The monoisotopic (exact) mass is 272 g/mol. The summed E-state index contributed by atoms with van der Waals surface area (Å²) in [5.74, 6) is 1.12. The molecule has 0 saturated heterocycles. The molecule has 1 aromatic carbocycles. The second-order valence-corrected chi connectivity index (χ2v) is 4.04. The molecule has 0 saturated carbocycles. The summed E-state index contributed by atoms with van der Waals surface area (Å²) in [6.45, 7) is 1.78. The summed E-state index contributed by atoms with van der Waals surface area (Å²) in [5, 5.41) is 4.37. The van der Waals surface area contributed by atoms with Gasteiger partial charge in [-0.05, 0) is 41.1 Å². The Morgan fingerprint density at radius 2 is 2.21 bits per heavy atom. The number of aromatic nitrogens is 2. The Bertz CT molecular complexity index is 470. The highest BCUT2D eigenvalue weighted by Crippen LogP contribution is 2.27. The maximum Gasteiger partial charge on any atom is 0.257 e. The highest BCUT2D eigenvalue weighted by atomic mass is 79.9. The molecule has 0 fully saturated rings. The Labute approximate surface area is 94.2 Å². The Kier molecular flexibility index (Phi) is 2.56. The van der Waals surface area contributed by atoms with Crippen molar-refractivity contribution in [1.29, 1.82) is 0 Å². The van der Waals surface area contributed by atoms with Gasteiger partial charge in [-0.1, -0.05) is 16.8 Å². The number of hydrogen-bond donors (Lipinski definition) is 0. The fraction of sp³-hybridized carbons (Fsp3) is 0.111. The molecule has 0 atom stereocenters. The molecule has 0 unspecified atom stereocenters. The number of nitrogens with zero attached hydrogens (tertiary/aromatic N) is 2. The molecule has 0 radical (unpaired) electrons. The van der Waals surface area contributed by atoms with E-state index < -0.39 is 0 Å². The molecule has 1 heterocycles. The number of aryl methyl sites for hydroxylation is 1. The molecular weight excluding hydrogens is 267 g/mol. The molecule has 0 aliphatic rings. The number of rotatable bonds is 1. The largest absolute Gasteiger partial charge is 0.334 e. The van der Waals surface area contributed by atoms with Crippen LogP contribution in [0.1, 0.15) is 5.82 Å². The number of hydrogen-bond acceptors (Lipinski definition) is 3. The van der Waals surface area contributed by atoms with E-state index in [0.717, 1.165) is 10.0 Å². The van der Waals surface area contributed by atoms with Gasteiger partial charge in [0.1, 0.15) is 0 Å². The zero-order valence-electron chi connectivity index (χ0n) is 7.29. The molecule has 0 spiro atoms. The van der Waals surface area contributed by atoms with Gasteiger partial charge in [-0.25, -0.2) is 0 Å². The normalized spacial score (nSPS) is 10.5. The molecule has 5 heteroatoms. The molecule has 1 aromatic heterocycles. The highest BCUT2D eigenvalue weighted by molar-refractivity contribution is 9.10. The third kappa shape index (κ3) is 1.81. The van der Waals surface area contributed by atoms with Crippen LogP contribution in [-0.4, -0.2) is 10.1 Å². The van der Waals surface area contributed by atoms with Gasteiger partial charge in [0.05, 0.1) is 5.02 Å². The lowest BCUT2D eigenvalue weighted by molar-refractivity contribution is 0.425. The first-order chi connectivity index (χ1) is 6.66. The molecule has 3 nitrogen and oxygen atoms in total. The Hall–Kier alpha value is -0.870. The summed E-state index contributed by atoms with van der Waals surface area (Å²) in [5.41, 5.74) is 0.849. The first-order valence-corrected chi connectivity index (χ1v) is 5.09. The average molecular weight is 274 g/mol. The minimum absolute atomic E-state index is 0.500. The zero-order chi connectivity index (χ0) is 10.1. The van der Waals surface area contributed by atoms with Gasteiger partial charge in [-0.15, -0.1) is 0 Å². The summed E-state index contributed by atoms with van der Waals surface area (Å²) in [6.07, 6.45) is 0. The van der Waals surface area contributed by atoms with Crippen LogP contribution in [0.3, 0.4) is 0 Å². The summed E-state index contributed by atoms with van der Waals surface area (Å²) < 4.78 is 5.83. The molecule has 0 aliphatic carbocycles. The van der Waals surface area contributed by atoms with Crippen molar-refractivity contribution in [3.05, 3.63) is 33.5 Å². The average Bonchev–Trinajstić information content (AvgIpc) is 2.57. The SMILES string of the molecule is Cc1noc(-c2ccc(Cl)c(Br)c2)n1. The number of halogens is 2. The fourth-order valence-electron chi connectivity index (χ4n) is 1.04. The summed E-state index contributed by atoms with van der Waals surface area (Å²) in [6, 6.07) is 5.45. The molecule has 0 bridgehead atoms. The topological polar surface area (TPSA) is 38.9 Å². The van der Waals surface area contributed by atoms with Crippen LogP contribution in [-0.2, 0) is 0 Å². The summed E-state index contributed by atoms with van der Waals surface area (Å²) in [4.78, 5) is 4.11. The standard InChI is InChI=1S/C9H6BrClN2O/c1-5-12-9(14-13-5)6-2-3-8(11)7(10)4-6/h2-4H,1H3. The number of benzene rings is 1. The minimum atomic E-state index is 0.500. The van der Waals surface area contributed by atoms with E-state index in [2.05, 4.69) is 26.1 Å². The van der Waals surface area contributed by atoms with Crippen LogP contribution in [0.2, 0.25) is 5.02 Å². The van der Waals surface area contributed by atoms with E-state index in [1.54, 1.807) is 13.0 Å². The van der Waals surface area contributed by atoms with E-state index in [1.165, 1.54) is 0 Å². The van der Waals surface area contributed by atoms with Crippen molar-refractivity contribution in [3.63, 3.8) is 0 Å². The lowest BCUT2D eigenvalue weighted by atomic mass is 10.2. The molecule has 0 aliphatic heterocycles. The second kappa shape index (κ2) is 3.71. The van der Waals surface area contributed by atoms with E-state index in [1.807, 2.05) is 12.1 Å². The molecule has 72 valence electrons. The summed E-state index contributed by atoms with van der Waals surface area (Å²) in [7, 11) is 0. The molecule has 0 amide bonds. The molecule has 0 N–H and O–H groups in total. The van der Waals surface area contributed by atoms with Crippen LogP contribution in [0.5, 0.6) is 0 Å².